The van der Waals surface area contributed by atoms with E-state index in [0.717, 1.165) is 5.57 Å². The molecule has 1 aromatic carbocycles. The average Bonchev–Trinajstić information content (AvgIpc) is 2.94. The van der Waals surface area contributed by atoms with Gasteiger partial charge in [-0.2, -0.15) is 4.57 Å². The second-order valence-corrected chi connectivity index (χ2v) is 5.04. The van der Waals surface area contributed by atoms with Crippen LogP contribution in [0.1, 0.15) is 16.4 Å². The minimum Gasteiger partial charge on any atom is -0.375 e. The molecular weight excluding hydrogens is 284 g/mol. The number of hydrogen-bond acceptors (Lipinski definition) is 4. The van der Waals surface area contributed by atoms with Gasteiger partial charge in [-0.25, -0.2) is 4.79 Å². The second kappa shape index (κ2) is 5.57. The first kappa shape index (κ1) is 14.2. The predicted octanol–water partition coefficient (Wildman–Crippen LogP) is 0.826. The summed E-state index contributed by atoms with van der Waals surface area (Å²) in [6, 6.07) is 9.06. The number of nitrogens with zero attached hydrogens (tertiary/aromatic N) is 2. The first-order chi connectivity index (χ1) is 10.6. The van der Waals surface area contributed by atoms with Crippen LogP contribution in [0.2, 0.25) is 0 Å². The molecule has 0 unspecified atom stereocenters. The Hall–Kier alpha value is -2.73. The molecule has 2 heterocycles. The normalized spacial score (nSPS) is 17.6. The lowest BCUT2D eigenvalue weighted by Crippen LogP contribution is -2.44. The van der Waals surface area contributed by atoms with Crippen LogP contribution in [-0.4, -0.2) is 28.3 Å². The average molecular weight is 298 g/mol. The fourth-order valence-corrected chi connectivity index (χ4v) is 2.42. The van der Waals surface area contributed by atoms with Crippen molar-refractivity contribution in [2.45, 2.75) is 6.04 Å². The van der Waals surface area contributed by atoms with Crippen LogP contribution in [0, 0.1) is 0 Å². The molecule has 1 atom stereocenters. The quantitative estimate of drug-likeness (QED) is 0.770. The number of carbonyl (C=O) groups is 1. The number of benzene rings is 1. The second-order valence-electron chi connectivity index (χ2n) is 5.04. The summed E-state index contributed by atoms with van der Waals surface area (Å²) in [5, 5.41) is 0. The minimum atomic E-state index is -0.682. The summed E-state index contributed by atoms with van der Waals surface area (Å²) >= 11 is 0. The number of carbonyl (C=O) groups excluding carboxylic acids is 1. The minimum absolute atomic E-state index is 0.279. The van der Waals surface area contributed by atoms with Crippen LogP contribution in [0.5, 0.6) is 0 Å². The Kier molecular flexibility index (Phi) is 3.60. The molecule has 1 aliphatic heterocycles. The molecule has 6 nitrogen and oxygen atoms in total. The molecule has 0 N–H and O–H groups in total. The van der Waals surface area contributed by atoms with E-state index in [2.05, 4.69) is 6.58 Å². The van der Waals surface area contributed by atoms with Crippen molar-refractivity contribution in [3.05, 3.63) is 81.1 Å². The Labute approximate surface area is 125 Å². The summed E-state index contributed by atoms with van der Waals surface area (Å²) in [5.74, 6) is -0.644. The van der Waals surface area contributed by atoms with Crippen LogP contribution in [0.3, 0.4) is 0 Å². The van der Waals surface area contributed by atoms with E-state index in [4.69, 9.17) is 4.74 Å². The maximum atomic E-state index is 12.5. The molecule has 3 rings (SSSR count). The lowest BCUT2D eigenvalue weighted by atomic mass is 10.2. The monoisotopic (exact) mass is 298 g/mol. The highest BCUT2D eigenvalue weighted by Gasteiger charge is 2.25. The van der Waals surface area contributed by atoms with Crippen molar-refractivity contribution >= 4 is 5.91 Å². The number of rotatable bonds is 2. The summed E-state index contributed by atoms with van der Waals surface area (Å²) in [4.78, 5) is 37.0. The van der Waals surface area contributed by atoms with Crippen LogP contribution >= 0.6 is 0 Å². The van der Waals surface area contributed by atoms with Gasteiger partial charge in [-0.05, 0) is 17.7 Å². The molecule has 0 saturated carbocycles. The van der Waals surface area contributed by atoms with E-state index in [9.17, 15) is 14.4 Å². The highest BCUT2D eigenvalue weighted by molar-refractivity contribution is 5.95. The first-order valence-corrected chi connectivity index (χ1v) is 6.79. The van der Waals surface area contributed by atoms with Crippen LogP contribution in [0.25, 0.3) is 0 Å². The van der Waals surface area contributed by atoms with Gasteiger partial charge in [0, 0.05) is 17.8 Å². The Balaban J connectivity index is 2.13. The van der Waals surface area contributed by atoms with E-state index in [1.165, 1.54) is 16.8 Å². The summed E-state index contributed by atoms with van der Waals surface area (Å²) in [7, 11) is 0. The smallest absolute Gasteiger partial charge is 0.338 e. The molecule has 6 heteroatoms. The van der Waals surface area contributed by atoms with Crippen molar-refractivity contribution in [3.8, 4) is 0 Å². The highest BCUT2D eigenvalue weighted by Crippen LogP contribution is 2.21. The van der Waals surface area contributed by atoms with Crippen molar-refractivity contribution < 1.29 is 9.53 Å². The lowest BCUT2D eigenvalue weighted by molar-refractivity contribution is 0.0947. The maximum Gasteiger partial charge on any atom is 0.338 e. The van der Waals surface area contributed by atoms with E-state index in [-0.39, 0.29) is 11.6 Å². The third-order valence-electron chi connectivity index (χ3n) is 3.60. The van der Waals surface area contributed by atoms with Crippen molar-refractivity contribution in [2.75, 3.05) is 13.2 Å². The molecule has 2 aromatic rings. The van der Waals surface area contributed by atoms with Crippen LogP contribution in [0.4, 0.5) is 0 Å². The Morgan fingerprint density at radius 2 is 1.91 bits per heavy atom. The Morgan fingerprint density at radius 3 is 2.55 bits per heavy atom. The molecule has 1 aromatic heterocycles. The van der Waals surface area contributed by atoms with E-state index in [1.807, 2.05) is 0 Å². The molecule has 112 valence electrons. The van der Waals surface area contributed by atoms with Gasteiger partial charge in [0.15, 0.2) is 0 Å². The van der Waals surface area contributed by atoms with Gasteiger partial charge in [0.2, 0.25) is 0 Å². The van der Waals surface area contributed by atoms with E-state index < -0.39 is 17.2 Å². The van der Waals surface area contributed by atoms with Crippen molar-refractivity contribution in [2.24, 2.45) is 0 Å². The van der Waals surface area contributed by atoms with Crippen molar-refractivity contribution in [3.63, 3.8) is 0 Å². The molecule has 1 aliphatic rings. The van der Waals surface area contributed by atoms with Crippen molar-refractivity contribution in [1.82, 2.24) is 9.13 Å². The van der Waals surface area contributed by atoms with Gasteiger partial charge in [-0.1, -0.05) is 24.8 Å². The molecule has 1 fully saturated rings. The van der Waals surface area contributed by atoms with Crippen LogP contribution in [-0.2, 0) is 4.74 Å². The largest absolute Gasteiger partial charge is 0.375 e. The molecular formula is C16H14N2O4. The zero-order valence-corrected chi connectivity index (χ0v) is 11.8. The molecule has 0 amide bonds. The zero-order chi connectivity index (χ0) is 15.7. The molecule has 0 bridgehead atoms. The summed E-state index contributed by atoms with van der Waals surface area (Å²) in [5.41, 5.74) is -0.321. The van der Waals surface area contributed by atoms with Gasteiger partial charge in [0.1, 0.15) is 0 Å². The topological polar surface area (TPSA) is 70.3 Å². The molecule has 22 heavy (non-hydrogen) atoms. The fraction of sp³-hybridized carbons (Fsp3) is 0.188. The SMILES string of the molecule is C=C1COC[C@@H]1n1ccc(=O)n(C(=O)c2ccccc2)c1=O. The number of hydrogen-bond donors (Lipinski definition) is 0. The Morgan fingerprint density at radius 1 is 1.18 bits per heavy atom. The first-order valence-electron chi connectivity index (χ1n) is 6.79. The van der Waals surface area contributed by atoms with Gasteiger partial charge in [0.05, 0.1) is 19.3 Å². The highest BCUT2D eigenvalue weighted by atomic mass is 16.5. The van der Waals surface area contributed by atoms with Gasteiger partial charge in [-0.15, -0.1) is 0 Å². The van der Waals surface area contributed by atoms with Crippen LogP contribution in [0.15, 0.2) is 64.3 Å². The molecule has 0 spiro atoms. The van der Waals surface area contributed by atoms with Crippen molar-refractivity contribution in [1.29, 1.82) is 0 Å². The lowest BCUT2D eigenvalue weighted by Gasteiger charge is -2.14. The zero-order valence-electron chi connectivity index (χ0n) is 11.8. The molecule has 0 radical (unpaired) electrons. The van der Waals surface area contributed by atoms with E-state index in [1.54, 1.807) is 30.3 Å². The van der Waals surface area contributed by atoms with Gasteiger partial charge in [0.25, 0.3) is 11.5 Å². The number of aromatic nitrogens is 2. The summed E-state index contributed by atoms with van der Waals surface area (Å²) in [6.45, 7) is 4.52. The standard InChI is InChI=1S/C16H14N2O4/c1-11-9-22-10-13(11)17-8-7-14(19)18(16(17)21)15(20)12-5-3-2-4-6-12/h2-8,13H,1,9-10H2/t13-/m0/s1. The van der Waals surface area contributed by atoms with E-state index >= 15 is 0 Å². The molecule has 0 aliphatic carbocycles. The van der Waals surface area contributed by atoms with Gasteiger partial charge in [-0.3, -0.25) is 14.2 Å². The third kappa shape index (κ3) is 2.33. The summed E-state index contributed by atoms with van der Waals surface area (Å²) < 4.78 is 7.22. The number of ether oxygens (including phenoxy) is 1. The Bertz CT molecular complexity index is 848. The summed E-state index contributed by atoms with van der Waals surface area (Å²) in [6.07, 6.45) is 1.38. The molecule has 1 saturated heterocycles. The maximum absolute atomic E-state index is 12.5. The van der Waals surface area contributed by atoms with Crippen LogP contribution < -0.4 is 11.2 Å². The van der Waals surface area contributed by atoms with E-state index in [0.29, 0.717) is 17.8 Å². The fourth-order valence-electron chi connectivity index (χ4n) is 2.42. The van der Waals surface area contributed by atoms with Gasteiger partial charge >= 0.3 is 5.69 Å². The third-order valence-corrected chi connectivity index (χ3v) is 3.60. The van der Waals surface area contributed by atoms with Gasteiger partial charge < -0.3 is 4.74 Å². The predicted molar refractivity (Wildman–Crippen MR) is 80.1 cm³/mol.